The standard InChI is InChI=1S/C23H17ClN4O4S/c1-3-13-4-6-15(7-5-13)22-28-19-10-16(9-18(24)20(19)32-22)27-21(29)17-8-14(11-25)12-26-23(17)33(2,30)31/h4-10,12H,3H2,1-2H3,(H,27,29). The van der Waals surface area contributed by atoms with Crippen LogP contribution >= 0.6 is 11.6 Å². The van der Waals surface area contributed by atoms with Gasteiger partial charge in [0.25, 0.3) is 5.91 Å². The highest BCUT2D eigenvalue weighted by molar-refractivity contribution is 7.90. The van der Waals surface area contributed by atoms with E-state index in [-0.39, 0.29) is 21.8 Å². The van der Waals surface area contributed by atoms with Crippen LogP contribution in [0.4, 0.5) is 5.69 Å². The number of pyridine rings is 1. The number of oxazole rings is 1. The molecule has 1 amide bonds. The Bertz CT molecular complexity index is 1540. The Balaban J connectivity index is 1.70. The van der Waals surface area contributed by atoms with E-state index in [1.807, 2.05) is 30.3 Å². The van der Waals surface area contributed by atoms with Gasteiger partial charge in [-0.1, -0.05) is 30.7 Å². The van der Waals surface area contributed by atoms with E-state index in [0.717, 1.165) is 24.4 Å². The lowest BCUT2D eigenvalue weighted by Crippen LogP contribution is -2.17. The molecule has 0 spiro atoms. The number of halogens is 1. The van der Waals surface area contributed by atoms with Gasteiger partial charge in [-0.15, -0.1) is 0 Å². The minimum absolute atomic E-state index is 0.0521. The van der Waals surface area contributed by atoms with Gasteiger partial charge in [-0.25, -0.2) is 18.4 Å². The van der Waals surface area contributed by atoms with Gasteiger partial charge in [0.05, 0.1) is 16.1 Å². The van der Waals surface area contributed by atoms with Gasteiger partial charge in [-0.3, -0.25) is 4.79 Å². The van der Waals surface area contributed by atoms with Crippen LogP contribution in [0.5, 0.6) is 0 Å². The quantitative estimate of drug-likeness (QED) is 0.441. The number of sulfone groups is 1. The van der Waals surface area contributed by atoms with E-state index >= 15 is 0 Å². The van der Waals surface area contributed by atoms with E-state index in [1.54, 1.807) is 6.07 Å². The fourth-order valence-electron chi connectivity index (χ4n) is 3.24. The molecule has 0 aliphatic rings. The molecule has 0 unspecified atom stereocenters. The van der Waals surface area contributed by atoms with E-state index in [4.69, 9.17) is 21.3 Å². The molecule has 8 nitrogen and oxygen atoms in total. The number of nitrogens with one attached hydrogen (secondary N) is 1. The second kappa shape index (κ2) is 8.65. The normalized spacial score (nSPS) is 11.3. The molecule has 1 N–H and O–H groups in total. The number of amides is 1. The molecule has 0 saturated heterocycles. The molecule has 2 aromatic heterocycles. The Hall–Kier alpha value is -3.74. The average molecular weight is 481 g/mol. The Kier molecular flexibility index (Phi) is 5.89. The number of fused-ring (bicyclic) bond motifs is 1. The zero-order valence-corrected chi connectivity index (χ0v) is 19.2. The molecule has 0 radical (unpaired) electrons. The van der Waals surface area contributed by atoms with E-state index < -0.39 is 20.8 Å². The van der Waals surface area contributed by atoms with Gasteiger partial charge in [0.15, 0.2) is 20.4 Å². The lowest BCUT2D eigenvalue weighted by Gasteiger charge is -2.09. The van der Waals surface area contributed by atoms with Gasteiger partial charge in [0.1, 0.15) is 11.6 Å². The largest absolute Gasteiger partial charge is 0.435 e. The van der Waals surface area contributed by atoms with Crippen molar-refractivity contribution in [2.75, 3.05) is 11.6 Å². The molecule has 2 heterocycles. The molecule has 166 valence electrons. The number of aryl methyl sites for hydroxylation is 1. The molecular weight excluding hydrogens is 464 g/mol. The minimum Gasteiger partial charge on any atom is -0.435 e. The lowest BCUT2D eigenvalue weighted by molar-refractivity contribution is 0.102. The summed E-state index contributed by atoms with van der Waals surface area (Å²) in [5, 5.41) is 11.5. The van der Waals surface area contributed by atoms with Crippen LogP contribution in [-0.2, 0) is 16.3 Å². The van der Waals surface area contributed by atoms with E-state index in [0.29, 0.717) is 17.0 Å². The van der Waals surface area contributed by atoms with Gasteiger partial charge in [0, 0.05) is 23.7 Å². The fourth-order valence-corrected chi connectivity index (χ4v) is 4.29. The number of carbonyl (C=O) groups is 1. The summed E-state index contributed by atoms with van der Waals surface area (Å²) in [5.74, 6) is -0.377. The van der Waals surface area contributed by atoms with Crippen molar-refractivity contribution >= 4 is 44.1 Å². The molecule has 33 heavy (non-hydrogen) atoms. The molecule has 0 bridgehead atoms. The van der Waals surface area contributed by atoms with Crippen molar-refractivity contribution < 1.29 is 17.6 Å². The smallest absolute Gasteiger partial charge is 0.258 e. The van der Waals surface area contributed by atoms with Crippen LogP contribution < -0.4 is 5.32 Å². The number of anilines is 1. The summed E-state index contributed by atoms with van der Waals surface area (Å²) in [6.45, 7) is 2.07. The number of aromatic nitrogens is 2. The van der Waals surface area contributed by atoms with Crippen LogP contribution in [0.15, 0.2) is 58.1 Å². The molecule has 0 fully saturated rings. The van der Waals surface area contributed by atoms with Gasteiger partial charge in [-0.2, -0.15) is 5.26 Å². The Labute approximate surface area is 194 Å². The topological polar surface area (TPSA) is 126 Å². The maximum Gasteiger partial charge on any atom is 0.258 e. The van der Waals surface area contributed by atoms with Crippen LogP contribution in [0, 0.1) is 11.3 Å². The van der Waals surface area contributed by atoms with Crippen LogP contribution in [0.1, 0.15) is 28.4 Å². The van der Waals surface area contributed by atoms with Crippen molar-refractivity contribution in [3.63, 3.8) is 0 Å². The summed E-state index contributed by atoms with van der Waals surface area (Å²) >= 11 is 6.36. The van der Waals surface area contributed by atoms with Gasteiger partial charge in [0.2, 0.25) is 5.89 Å². The summed E-state index contributed by atoms with van der Waals surface area (Å²) < 4.78 is 29.9. The van der Waals surface area contributed by atoms with E-state index in [9.17, 15) is 13.2 Å². The number of carbonyl (C=O) groups excluding carboxylic acids is 1. The molecule has 2 aromatic carbocycles. The van der Waals surface area contributed by atoms with Crippen molar-refractivity contribution in [2.45, 2.75) is 18.4 Å². The van der Waals surface area contributed by atoms with Crippen molar-refractivity contribution in [1.82, 2.24) is 9.97 Å². The van der Waals surface area contributed by atoms with Crippen LogP contribution in [0.3, 0.4) is 0 Å². The maximum atomic E-state index is 12.9. The highest BCUT2D eigenvalue weighted by Crippen LogP contribution is 2.32. The van der Waals surface area contributed by atoms with Gasteiger partial charge in [-0.05, 0) is 42.3 Å². The monoisotopic (exact) mass is 480 g/mol. The molecular formula is C23H17ClN4O4S. The predicted octanol–water partition coefficient (Wildman–Crippen LogP) is 4.63. The molecule has 4 rings (SSSR count). The van der Waals surface area contributed by atoms with Crippen LogP contribution in [0.25, 0.3) is 22.6 Å². The number of nitriles is 1. The van der Waals surface area contributed by atoms with Gasteiger partial charge >= 0.3 is 0 Å². The second-order valence-corrected chi connectivity index (χ2v) is 9.63. The molecule has 0 saturated carbocycles. The van der Waals surface area contributed by atoms with Crippen molar-refractivity contribution in [1.29, 1.82) is 5.26 Å². The summed E-state index contributed by atoms with van der Waals surface area (Å²) in [5.41, 5.74) is 2.82. The molecule has 4 aromatic rings. The summed E-state index contributed by atoms with van der Waals surface area (Å²) in [4.78, 5) is 21.1. The summed E-state index contributed by atoms with van der Waals surface area (Å²) in [6, 6.07) is 13.8. The molecule has 0 aliphatic carbocycles. The lowest BCUT2D eigenvalue weighted by atomic mass is 10.1. The molecule has 10 heteroatoms. The maximum absolute atomic E-state index is 12.9. The number of hydrogen-bond acceptors (Lipinski definition) is 7. The SMILES string of the molecule is CCc1ccc(-c2nc3cc(NC(=O)c4cc(C#N)cnc4S(C)(=O)=O)cc(Cl)c3o2)cc1. The highest BCUT2D eigenvalue weighted by Gasteiger charge is 2.22. The van der Waals surface area contributed by atoms with Crippen LogP contribution in [0.2, 0.25) is 5.02 Å². The first-order valence-corrected chi connectivity index (χ1v) is 12.1. The zero-order valence-electron chi connectivity index (χ0n) is 17.6. The molecule has 0 aliphatic heterocycles. The average Bonchev–Trinajstić information content (AvgIpc) is 3.23. The third kappa shape index (κ3) is 4.58. The number of rotatable bonds is 5. The van der Waals surface area contributed by atoms with Crippen molar-refractivity contribution in [3.05, 3.63) is 70.4 Å². The van der Waals surface area contributed by atoms with Crippen molar-refractivity contribution in [3.8, 4) is 17.5 Å². The first-order chi connectivity index (χ1) is 15.7. The second-order valence-electron chi connectivity index (χ2n) is 7.29. The summed E-state index contributed by atoms with van der Waals surface area (Å²) in [6.07, 6.45) is 2.95. The first-order valence-electron chi connectivity index (χ1n) is 9.80. The number of nitrogens with zero attached hydrogens (tertiary/aromatic N) is 3. The number of benzene rings is 2. The Morgan fingerprint density at radius 2 is 1.94 bits per heavy atom. The number of hydrogen-bond donors (Lipinski definition) is 1. The van der Waals surface area contributed by atoms with Crippen LogP contribution in [-0.4, -0.2) is 30.5 Å². The predicted molar refractivity (Wildman–Crippen MR) is 124 cm³/mol. The van der Waals surface area contributed by atoms with Crippen molar-refractivity contribution in [2.24, 2.45) is 0 Å². The Morgan fingerprint density at radius 1 is 1.21 bits per heavy atom. The third-order valence-corrected chi connectivity index (χ3v) is 6.20. The minimum atomic E-state index is -3.81. The van der Waals surface area contributed by atoms with Gasteiger partial charge < -0.3 is 9.73 Å². The van der Waals surface area contributed by atoms with E-state index in [2.05, 4.69) is 22.2 Å². The third-order valence-electron chi connectivity index (χ3n) is 4.89. The fraction of sp³-hybridized carbons (Fsp3) is 0.130. The summed E-state index contributed by atoms with van der Waals surface area (Å²) in [7, 11) is -3.81. The van der Waals surface area contributed by atoms with E-state index in [1.165, 1.54) is 17.7 Å². The highest BCUT2D eigenvalue weighted by atomic mass is 35.5. The zero-order chi connectivity index (χ0) is 23.8. The Morgan fingerprint density at radius 3 is 2.58 bits per heavy atom. The molecule has 0 atom stereocenters. The first kappa shape index (κ1) is 22.5.